The highest BCUT2D eigenvalue weighted by Crippen LogP contribution is 2.38. The van der Waals surface area contributed by atoms with Gasteiger partial charge in [0.1, 0.15) is 5.82 Å². The Morgan fingerprint density at radius 1 is 1.12 bits per heavy atom. The van der Waals surface area contributed by atoms with Crippen molar-refractivity contribution in [3.8, 4) is 11.1 Å². The van der Waals surface area contributed by atoms with Gasteiger partial charge in [-0.2, -0.15) is 0 Å². The first-order valence-corrected chi connectivity index (χ1v) is 16.4. The van der Waals surface area contributed by atoms with Crippen LogP contribution in [0.5, 0.6) is 0 Å². The highest BCUT2D eigenvalue weighted by atomic mass is 35.5. The molecule has 2 aliphatic rings. The quantitative estimate of drug-likeness (QED) is 0.130. The number of aromatic nitrogens is 1. The summed E-state index contributed by atoms with van der Waals surface area (Å²) in [7, 11) is 0. The highest BCUT2D eigenvalue weighted by Gasteiger charge is 2.31. The van der Waals surface area contributed by atoms with Crippen LogP contribution in [0, 0.1) is 17.6 Å². The van der Waals surface area contributed by atoms with Gasteiger partial charge in [0, 0.05) is 36.0 Å². The lowest BCUT2D eigenvalue weighted by Crippen LogP contribution is -2.38. The fraction of sp³-hybridized carbons (Fsp3) is 0.417. The molecule has 3 atom stereocenters. The molecule has 0 radical (unpaired) electrons. The number of aliphatic hydroxyl groups is 1. The summed E-state index contributed by atoms with van der Waals surface area (Å²) in [4.78, 5) is 33.2. The largest absolute Gasteiger partial charge is 0.373 e. The van der Waals surface area contributed by atoms with Crippen LogP contribution in [-0.2, 0) is 19.1 Å². The standard InChI is InChI=1S/C36H41ClF2N4O5/c1-21-6-5-7-30(43-15-13-23(19-31(43)44)32-27(38)11-10-26(37)33(32)39)29-18-22(12-14-40-29)25-9-8-24(20-28(25)42-34(21)45)41-35(46)47-16-17-48-36(2,3)4/h8-12,14,18-21,30,35,41,46H,5-7,13,15-17H2,1-4H3,(H,42,45)/t21-,30+,35?/m1/s1. The lowest BCUT2D eigenvalue weighted by molar-refractivity contribution is -0.129. The van der Waals surface area contributed by atoms with E-state index in [9.17, 15) is 23.5 Å². The molecule has 0 spiro atoms. The number of rotatable bonds is 8. The number of pyridine rings is 1. The maximum absolute atomic E-state index is 14.8. The van der Waals surface area contributed by atoms with Crippen molar-refractivity contribution < 1.29 is 33.0 Å². The zero-order valence-corrected chi connectivity index (χ0v) is 28.2. The van der Waals surface area contributed by atoms with E-state index in [1.165, 1.54) is 6.08 Å². The Kier molecular flexibility index (Phi) is 11.1. The number of hydrogen-bond acceptors (Lipinski definition) is 7. The summed E-state index contributed by atoms with van der Waals surface area (Å²) in [6.07, 6.45) is 3.58. The molecule has 5 rings (SSSR count). The summed E-state index contributed by atoms with van der Waals surface area (Å²) in [5.74, 6) is -2.55. The molecular weight excluding hydrogens is 642 g/mol. The van der Waals surface area contributed by atoms with Gasteiger partial charge in [0.2, 0.25) is 18.2 Å². The lowest BCUT2D eigenvalue weighted by atomic mass is 9.92. The second-order valence-electron chi connectivity index (χ2n) is 13.1. The van der Waals surface area contributed by atoms with Crippen LogP contribution in [0.25, 0.3) is 16.7 Å². The Hall–Kier alpha value is -3.90. The predicted molar refractivity (Wildman–Crippen MR) is 181 cm³/mol. The topological polar surface area (TPSA) is 113 Å². The number of nitrogens with one attached hydrogen (secondary N) is 2. The first kappa shape index (κ1) is 35.4. The van der Waals surface area contributed by atoms with Crippen molar-refractivity contribution in [3.63, 3.8) is 0 Å². The maximum Gasteiger partial charge on any atom is 0.247 e. The number of halogens is 3. The van der Waals surface area contributed by atoms with Crippen LogP contribution in [0.4, 0.5) is 20.2 Å². The summed E-state index contributed by atoms with van der Waals surface area (Å²) >= 11 is 5.92. The molecule has 0 saturated carbocycles. The second-order valence-corrected chi connectivity index (χ2v) is 13.5. The average molecular weight is 683 g/mol. The van der Waals surface area contributed by atoms with Crippen molar-refractivity contribution in [1.82, 2.24) is 9.88 Å². The molecule has 2 amide bonds. The SMILES string of the molecule is C[C@@H]1CCC[C@H](N2CCC(c3c(F)ccc(Cl)c3F)=CC2=O)c2cc(ccn2)-c2ccc(NC(O)OCCOC(C)(C)C)cc2NC1=O. The second kappa shape index (κ2) is 15.1. The van der Waals surface area contributed by atoms with Crippen LogP contribution < -0.4 is 10.6 Å². The third-order valence-electron chi connectivity index (χ3n) is 8.40. The number of aliphatic hydroxyl groups excluding tert-OH is 1. The van der Waals surface area contributed by atoms with Gasteiger partial charge in [0.25, 0.3) is 0 Å². The molecule has 9 nitrogen and oxygen atoms in total. The number of hydrogen-bond donors (Lipinski definition) is 3. The van der Waals surface area contributed by atoms with Crippen molar-refractivity contribution in [2.45, 2.75) is 71.4 Å². The van der Waals surface area contributed by atoms with Crippen LogP contribution in [0.3, 0.4) is 0 Å². The third-order valence-corrected chi connectivity index (χ3v) is 8.69. The normalized spacial score (nSPS) is 19.4. The molecular formula is C36H41ClF2N4O5. The Labute approximate surface area is 284 Å². The minimum absolute atomic E-state index is 0.164. The van der Waals surface area contributed by atoms with Crippen molar-refractivity contribution in [3.05, 3.63) is 82.7 Å². The number of benzene rings is 2. The molecule has 3 heterocycles. The Morgan fingerprint density at radius 3 is 2.67 bits per heavy atom. The van der Waals surface area contributed by atoms with Gasteiger partial charge in [-0.25, -0.2) is 8.78 Å². The smallest absolute Gasteiger partial charge is 0.247 e. The van der Waals surface area contributed by atoms with E-state index < -0.39 is 24.1 Å². The van der Waals surface area contributed by atoms with Crippen LogP contribution in [0.1, 0.15) is 70.7 Å². The van der Waals surface area contributed by atoms with Crippen molar-refractivity contribution in [1.29, 1.82) is 0 Å². The summed E-state index contributed by atoms with van der Waals surface area (Å²) in [5.41, 5.74) is 2.84. The zero-order valence-electron chi connectivity index (χ0n) is 27.5. The van der Waals surface area contributed by atoms with E-state index in [0.29, 0.717) is 42.9 Å². The average Bonchev–Trinajstić information content (AvgIpc) is 3.03. The minimum Gasteiger partial charge on any atom is -0.373 e. The minimum atomic E-state index is -1.30. The van der Waals surface area contributed by atoms with E-state index in [2.05, 4.69) is 15.6 Å². The van der Waals surface area contributed by atoms with Gasteiger partial charge in [-0.15, -0.1) is 0 Å². The van der Waals surface area contributed by atoms with Gasteiger partial charge in [-0.1, -0.05) is 31.0 Å². The Bertz CT molecular complexity index is 1700. The molecule has 0 saturated heterocycles. The predicted octanol–water partition coefficient (Wildman–Crippen LogP) is 7.32. The number of ether oxygens (including phenoxy) is 2. The van der Waals surface area contributed by atoms with Gasteiger partial charge < -0.3 is 30.1 Å². The summed E-state index contributed by atoms with van der Waals surface area (Å²) in [6, 6.07) is 10.9. The molecule has 0 aliphatic carbocycles. The summed E-state index contributed by atoms with van der Waals surface area (Å²) in [6.45, 7) is 8.36. The van der Waals surface area contributed by atoms with Gasteiger partial charge >= 0.3 is 0 Å². The van der Waals surface area contributed by atoms with Gasteiger partial charge in [-0.3, -0.25) is 14.6 Å². The number of carbonyl (C=O) groups excluding carboxylic acids is 2. The molecule has 3 N–H and O–H groups in total. The molecule has 48 heavy (non-hydrogen) atoms. The van der Waals surface area contributed by atoms with Crippen LogP contribution >= 0.6 is 11.6 Å². The Balaban J connectivity index is 1.41. The van der Waals surface area contributed by atoms with Crippen molar-refractivity contribution in [2.24, 2.45) is 5.92 Å². The fourth-order valence-corrected chi connectivity index (χ4v) is 6.09. The van der Waals surface area contributed by atoms with E-state index in [4.69, 9.17) is 21.1 Å². The van der Waals surface area contributed by atoms with E-state index in [-0.39, 0.29) is 59.1 Å². The van der Waals surface area contributed by atoms with Gasteiger partial charge in [-0.05, 0) is 87.6 Å². The monoisotopic (exact) mass is 682 g/mol. The molecule has 2 aliphatic heterocycles. The maximum atomic E-state index is 14.8. The number of nitrogens with zero attached hydrogens (tertiary/aromatic N) is 2. The van der Waals surface area contributed by atoms with E-state index in [1.54, 1.807) is 23.2 Å². The third kappa shape index (κ3) is 8.57. The van der Waals surface area contributed by atoms with Crippen molar-refractivity contribution >= 4 is 40.4 Å². The van der Waals surface area contributed by atoms with Crippen LogP contribution in [-0.4, -0.2) is 58.6 Å². The molecule has 1 aromatic heterocycles. The lowest BCUT2D eigenvalue weighted by Gasteiger charge is -2.34. The highest BCUT2D eigenvalue weighted by molar-refractivity contribution is 6.31. The molecule has 12 heteroatoms. The molecule has 256 valence electrons. The van der Waals surface area contributed by atoms with Crippen LogP contribution in [0.15, 0.2) is 54.7 Å². The fourth-order valence-electron chi connectivity index (χ4n) is 5.93. The molecule has 1 unspecified atom stereocenters. The number of fused-ring (bicyclic) bond motifs is 4. The van der Waals surface area contributed by atoms with E-state index in [0.717, 1.165) is 23.3 Å². The molecule has 0 fully saturated rings. The molecule has 2 aromatic carbocycles. The zero-order chi connectivity index (χ0) is 34.6. The van der Waals surface area contributed by atoms with Gasteiger partial charge in [0.05, 0.1) is 46.8 Å². The van der Waals surface area contributed by atoms with Crippen molar-refractivity contribution in [2.75, 3.05) is 30.4 Å². The molecule has 2 bridgehead atoms. The van der Waals surface area contributed by atoms with E-state index >= 15 is 0 Å². The van der Waals surface area contributed by atoms with Crippen LogP contribution in [0.2, 0.25) is 5.02 Å². The first-order chi connectivity index (χ1) is 22.8. The van der Waals surface area contributed by atoms with Gasteiger partial charge in [0.15, 0.2) is 5.82 Å². The molecule has 3 aromatic rings. The number of anilines is 2. The number of amides is 2. The summed E-state index contributed by atoms with van der Waals surface area (Å²) < 4.78 is 40.5. The van der Waals surface area contributed by atoms with E-state index in [1.807, 2.05) is 45.9 Å². The first-order valence-electron chi connectivity index (χ1n) is 16.1. The summed E-state index contributed by atoms with van der Waals surface area (Å²) in [5, 5.41) is 16.2. The Morgan fingerprint density at radius 2 is 1.92 bits per heavy atom. The number of carbonyl (C=O) groups is 2.